The first kappa shape index (κ1) is 13.5. The van der Waals surface area contributed by atoms with Crippen molar-refractivity contribution in [1.29, 1.82) is 0 Å². The van der Waals surface area contributed by atoms with Gasteiger partial charge in [-0.2, -0.15) is 0 Å². The number of hydrogen-bond donors (Lipinski definition) is 0. The van der Waals surface area contributed by atoms with Crippen LogP contribution in [0.4, 0.5) is 5.69 Å². The number of imide groups is 1. The summed E-state index contributed by atoms with van der Waals surface area (Å²) < 4.78 is 4.70. The third-order valence-corrected chi connectivity index (χ3v) is 5.45. The van der Waals surface area contributed by atoms with Crippen molar-refractivity contribution in [3.63, 3.8) is 0 Å². The molecule has 1 aliphatic heterocycles. The predicted molar refractivity (Wildman–Crippen MR) is 78.1 cm³/mol. The summed E-state index contributed by atoms with van der Waals surface area (Å²) in [4.78, 5) is 38.4. The average molecular weight is 299 g/mol. The first-order valence-electron chi connectivity index (χ1n) is 7.68. The fourth-order valence-corrected chi connectivity index (χ4v) is 4.55. The summed E-state index contributed by atoms with van der Waals surface area (Å²) >= 11 is 0. The summed E-state index contributed by atoms with van der Waals surface area (Å²) in [6, 6.07) is 6.55. The highest BCUT2D eigenvalue weighted by molar-refractivity contribution is 6.22. The van der Waals surface area contributed by atoms with E-state index in [1.54, 1.807) is 24.3 Å². The number of ether oxygens (including phenoxy) is 1. The van der Waals surface area contributed by atoms with E-state index in [0.717, 1.165) is 19.3 Å². The number of anilines is 1. The van der Waals surface area contributed by atoms with Crippen molar-refractivity contribution in [3.05, 3.63) is 29.8 Å². The Morgan fingerprint density at radius 3 is 2.36 bits per heavy atom. The van der Waals surface area contributed by atoms with Crippen LogP contribution in [0.3, 0.4) is 0 Å². The van der Waals surface area contributed by atoms with Gasteiger partial charge in [0.1, 0.15) is 0 Å². The lowest BCUT2D eigenvalue weighted by Gasteiger charge is -2.19. The molecule has 0 N–H and O–H groups in total. The molecule has 0 aromatic heterocycles. The zero-order chi connectivity index (χ0) is 15.4. The first-order chi connectivity index (χ1) is 10.6. The largest absolute Gasteiger partial charge is 0.465 e. The third kappa shape index (κ3) is 1.68. The Morgan fingerprint density at radius 1 is 1.14 bits per heavy atom. The number of hydrogen-bond acceptors (Lipinski definition) is 4. The van der Waals surface area contributed by atoms with Crippen LogP contribution in [0.15, 0.2) is 24.3 Å². The summed E-state index contributed by atoms with van der Waals surface area (Å²) in [7, 11) is 1.31. The van der Waals surface area contributed by atoms with Gasteiger partial charge in [-0.1, -0.05) is 6.07 Å². The second-order valence-electron chi connectivity index (χ2n) is 6.44. The zero-order valence-electron chi connectivity index (χ0n) is 12.3. The van der Waals surface area contributed by atoms with Crippen LogP contribution in [0, 0.1) is 23.7 Å². The monoisotopic (exact) mass is 299 g/mol. The fourth-order valence-electron chi connectivity index (χ4n) is 4.55. The molecule has 114 valence electrons. The molecule has 2 aliphatic carbocycles. The van der Waals surface area contributed by atoms with E-state index in [0.29, 0.717) is 23.1 Å². The lowest BCUT2D eigenvalue weighted by Crippen LogP contribution is -2.32. The highest BCUT2D eigenvalue weighted by Gasteiger charge is 2.61. The molecule has 2 amide bonds. The third-order valence-electron chi connectivity index (χ3n) is 5.45. The van der Waals surface area contributed by atoms with E-state index in [4.69, 9.17) is 4.74 Å². The van der Waals surface area contributed by atoms with Crippen LogP contribution in [0.25, 0.3) is 0 Å². The van der Waals surface area contributed by atoms with Gasteiger partial charge in [-0.3, -0.25) is 14.5 Å². The van der Waals surface area contributed by atoms with Crippen LogP contribution in [-0.4, -0.2) is 24.9 Å². The standard InChI is InChI=1S/C17H17NO4/c1-22-17(21)11-3-2-4-12(8-11)18-15(19)13-9-5-6-10(7-9)14(13)16(18)20/h2-4,8-10,13-14H,5-7H2,1H3/t9-,10-,13-,14-/m0/s1. The van der Waals surface area contributed by atoms with Crippen LogP contribution in [0.2, 0.25) is 0 Å². The normalized spacial score (nSPS) is 32.5. The van der Waals surface area contributed by atoms with E-state index in [9.17, 15) is 14.4 Å². The van der Waals surface area contributed by atoms with Crippen LogP contribution in [-0.2, 0) is 14.3 Å². The van der Waals surface area contributed by atoms with Gasteiger partial charge in [-0.15, -0.1) is 0 Å². The minimum Gasteiger partial charge on any atom is -0.465 e. The summed E-state index contributed by atoms with van der Waals surface area (Å²) in [6.07, 6.45) is 3.13. The maximum atomic E-state index is 12.7. The molecule has 2 saturated carbocycles. The number of carbonyl (C=O) groups is 3. The van der Waals surface area contributed by atoms with Gasteiger partial charge in [0.25, 0.3) is 0 Å². The highest BCUT2D eigenvalue weighted by Crippen LogP contribution is 2.56. The summed E-state index contributed by atoms with van der Waals surface area (Å²) in [5.41, 5.74) is 0.826. The van der Waals surface area contributed by atoms with Gasteiger partial charge >= 0.3 is 5.97 Å². The van der Waals surface area contributed by atoms with Crippen molar-refractivity contribution in [2.45, 2.75) is 19.3 Å². The van der Waals surface area contributed by atoms with Crippen LogP contribution in [0.5, 0.6) is 0 Å². The van der Waals surface area contributed by atoms with Gasteiger partial charge in [-0.25, -0.2) is 4.79 Å². The molecule has 2 bridgehead atoms. The van der Waals surface area contributed by atoms with E-state index < -0.39 is 5.97 Å². The molecule has 0 radical (unpaired) electrons. The van der Waals surface area contributed by atoms with E-state index in [2.05, 4.69) is 0 Å². The smallest absolute Gasteiger partial charge is 0.337 e. The maximum absolute atomic E-state index is 12.7. The molecule has 5 heteroatoms. The summed E-state index contributed by atoms with van der Waals surface area (Å²) in [6.45, 7) is 0. The molecule has 3 aliphatic rings. The van der Waals surface area contributed by atoms with Gasteiger partial charge in [0.05, 0.1) is 30.2 Å². The molecule has 0 unspecified atom stereocenters. The van der Waals surface area contributed by atoms with E-state index in [-0.39, 0.29) is 23.7 Å². The number of nitrogens with zero attached hydrogens (tertiary/aromatic N) is 1. The second kappa shape index (κ2) is 4.66. The summed E-state index contributed by atoms with van der Waals surface area (Å²) in [5.74, 6) is -0.226. The van der Waals surface area contributed by atoms with Gasteiger partial charge in [0.2, 0.25) is 11.8 Å². The Bertz CT molecular complexity index is 655. The Kier molecular flexibility index (Phi) is 2.86. The molecule has 3 fully saturated rings. The SMILES string of the molecule is COC(=O)c1cccc(N2C(=O)[C@H]3[C@H]4CC[C@@H](C4)[C@@H]3C2=O)c1. The predicted octanol–water partition coefficient (Wildman–Crippen LogP) is 2.01. The van der Waals surface area contributed by atoms with E-state index in [1.165, 1.54) is 12.0 Å². The molecule has 0 spiro atoms. The van der Waals surface area contributed by atoms with Crippen LogP contribution in [0.1, 0.15) is 29.6 Å². The lowest BCUT2D eigenvalue weighted by molar-refractivity contribution is -0.123. The Hall–Kier alpha value is -2.17. The van der Waals surface area contributed by atoms with Gasteiger partial charge in [0.15, 0.2) is 0 Å². The van der Waals surface area contributed by atoms with Crippen LogP contribution < -0.4 is 4.90 Å². The topological polar surface area (TPSA) is 63.7 Å². The van der Waals surface area contributed by atoms with Crippen LogP contribution >= 0.6 is 0 Å². The molecule has 4 atom stereocenters. The van der Waals surface area contributed by atoms with Crippen molar-refractivity contribution in [2.75, 3.05) is 12.0 Å². The number of fused-ring (bicyclic) bond motifs is 5. The Morgan fingerprint density at radius 2 is 1.77 bits per heavy atom. The number of methoxy groups -OCH3 is 1. The van der Waals surface area contributed by atoms with E-state index in [1.807, 2.05) is 0 Å². The molecular weight excluding hydrogens is 282 g/mol. The number of amides is 2. The average Bonchev–Trinajstić information content (AvgIpc) is 3.21. The molecule has 5 nitrogen and oxygen atoms in total. The Balaban J connectivity index is 1.70. The van der Waals surface area contributed by atoms with Gasteiger partial charge in [-0.05, 0) is 49.3 Å². The lowest BCUT2D eigenvalue weighted by atomic mass is 9.81. The van der Waals surface area contributed by atoms with E-state index >= 15 is 0 Å². The first-order valence-corrected chi connectivity index (χ1v) is 7.68. The van der Waals surface area contributed by atoms with Crippen molar-refractivity contribution in [2.24, 2.45) is 23.7 Å². The molecule has 1 heterocycles. The second-order valence-corrected chi connectivity index (χ2v) is 6.44. The molecule has 1 aromatic carbocycles. The number of benzene rings is 1. The van der Waals surface area contributed by atoms with Gasteiger partial charge in [0, 0.05) is 0 Å². The van der Waals surface area contributed by atoms with Crippen molar-refractivity contribution in [3.8, 4) is 0 Å². The minimum atomic E-state index is -0.471. The fraction of sp³-hybridized carbons (Fsp3) is 0.471. The van der Waals surface area contributed by atoms with Crippen molar-refractivity contribution in [1.82, 2.24) is 0 Å². The quantitative estimate of drug-likeness (QED) is 0.619. The molecular formula is C17H17NO4. The van der Waals surface area contributed by atoms with Crippen molar-refractivity contribution < 1.29 is 19.1 Å². The Labute approximate surface area is 128 Å². The maximum Gasteiger partial charge on any atom is 0.337 e. The zero-order valence-corrected chi connectivity index (χ0v) is 12.3. The molecule has 1 saturated heterocycles. The van der Waals surface area contributed by atoms with Gasteiger partial charge < -0.3 is 4.74 Å². The number of rotatable bonds is 2. The molecule has 4 rings (SSSR count). The summed E-state index contributed by atoms with van der Waals surface area (Å²) in [5, 5.41) is 0. The number of esters is 1. The van der Waals surface area contributed by atoms with Crippen molar-refractivity contribution >= 4 is 23.5 Å². The highest BCUT2D eigenvalue weighted by atomic mass is 16.5. The molecule has 22 heavy (non-hydrogen) atoms. The molecule has 1 aromatic rings. The minimum absolute atomic E-state index is 0.0933. The number of carbonyl (C=O) groups excluding carboxylic acids is 3.